The van der Waals surface area contributed by atoms with E-state index in [4.69, 9.17) is 9.47 Å². The highest BCUT2D eigenvalue weighted by atomic mass is 79.9. The lowest BCUT2D eigenvalue weighted by atomic mass is 10.1. The maximum absolute atomic E-state index is 12.4. The van der Waals surface area contributed by atoms with Gasteiger partial charge >= 0.3 is 0 Å². The van der Waals surface area contributed by atoms with E-state index in [1.165, 1.54) is 31.8 Å². The van der Waals surface area contributed by atoms with Gasteiger partial charge in [-0.2, -0.15) is 4.98 Å². The molecule has 0 atom stereocenters. The van der Waals surface area contributed by atoms with Crippen molar-refractivity contribution >= 4 is 49.0 Å². The van der Waals surface area contributed by atoms with Crippen molar-refractivity contribution in [3.8, 4) is 11.8 Å². The number of nitrogens with zero attached hydrogens (tertiary/aromatic N) is 2. The number of hydrogen-bond acceptors (Lipinski definition) is 6. The first-order chi connectivity index (χ1) is 9.06. The number of ether oxygens (including phenoxy) is 2. The highest BCUT2D eigenvalue weighted by Crippen LogP contribution is 2.34. The molecular weight excluding hydrogens is 400 g/mol. The Morgan fingerprint density at radius 1 is 1.32 bits per heavy atom. The van der Waals surface area contributed by atoms with E-state index in [1.54, 1.807) is 6.07 Å². The number of hydrogen-bond donors (Lipinski definition) is 0. The minimum atomic E-state index is -0.263. The molecule has 0 aromatic carbocycles. The van der Waals surface area contributed by atoms with Crippen molar-refractivity contribution < 1.29 is 14.3 Å². The van der Waals surface area contributed by atoms with Crippen LogP contribution in [0.25, 0.3) is 0 Å². The minimum absolute atomic E-state index is 0.138. The molecule has 19 heavy (non-hydrogen) atoms. The molecule has 0 N–H and O–H groups in total. The second kappa shape index (κ2) is 5.98. The lowest BCUT2D eigenvalue weighted by Crippen LogP contribution is -2.08. The zero-order chi connectivity index (χ0) is 14.0. The van der Waals surface area contributed by atoms with Crippen molar-refractivity contribution in [2.75, 3.05) is 14.2 Å². The molecule has 0 saturated heterocycles. The smallest absolute Gasteiger partial charge is 0.247 e. The maximum Gasteiger partial charge on any atom is 0.247 e. The summed E-state index contributed by atoms with van der Waals surface area (Å²) in [5.74, 6) is 0.165. The fraction of sp³-hybridized carbons (Fsp3) is 0.182. The van der Waals surface area contributed by atoms with Crippen molar-refractivity contribution in [1.82, 2.24) is 9.97 Å². The van der Waals surface area contributed by atoms with Crippen molar-refractivity contribution in [1.29, 1.82) is 0 Å². The van der Waals surface area contributed by atoms with Gasteiger partial charge in [0.1, 0.15) is 0 Å². The van der Waals surface area contributed by atoms with Crippen LogP contribution in [0.1, 0.15) is 16.1 Å². The second-order valence-electron chi connectivity index (χ2n) is 3.34. The Bertz CT molecular complexity index is 630. The number of carbonyl (C=O) groups excluding carboxylic acids is 1. The van der Waals surface area contributed by atoms with Crippen LogP contribution < -0.4 is 9.47 Å². The number of carbonyl (C=O) groups is 1. The van der Waals surface area contributed by atoms with Gasteiger partial charge in [0.2, 0.25) is 17.5 Å². The average molecular weight is 408 g/mol. The van der Waals surface area contributed by atoms with Crippen LogP contribution in [0.3, 0.4) is 0 Å². The molecular formula is C11H8Br2N2O3S. The Kier molecular flexibility index (Phi) is 4.54. The van der Waals surface area contributed by atoms with Crippen LogP contribution >= 0.6 is 43.2 Å². The molecule has 0 aliphatic rings. The Morgan fingerprint density at radius 3 is 2.58 bits per heavy atom. The predicted octanol–water partition coefficient (Wildman–Crippen LogP) is 3.31. The van der Waals surface area contributed by atoms with Gasteiger partial charge in [-0.25, -0.2) is 4.98 Å². The van der Waals surface area contributed by atoms with Gasteiger partial charge in [0.05, 0.1) is 33.6 Å². The third-order valence-electron chi connectivity index (χ3n) is 2.24. The van der Waals surface area contributed by atoms with Gasteiger partial charge in [0.15, 0.2) is 5.69 Å². The molecule has 8 heteroatoms. The van der Waals surface area contributed by atoms with Gasteiger partial charge in [-0.3, -0.25) is 4.79 Å². The zero-order valence-corrected chi connectivity index (χ0v) is 13.9. The molecule has 2 heterocycles. The number of methoxy groups -OCH3 is 2. The zero-order valence-electron chi connectivity index (χ0n) is 9.94. The van der Waals surface area contributed by atoms with Crippen molar-refractivity contribution in [3.05, 3.63) is 31.1 Å². The average Bonchev–Trinajstić information content (AvgIpc) is 2.76. The lowest BCUT2D eigenvalue weighted by molar-refractivity contribution is 0.103. The molecule has 0 fully saturated rings. The largest absolute Gasteiger partial charge is 0.480 e. The second-order valence-corrected chi connectivity index (χ2v) is 7.09. The van der Waals surface area contributed by atoms with Crippen LogP contribution in [0.4, 0.5) is 0 Å². The normalized spacial score (nSPS) is 10.3. The number of halogens is 2. The first-order valence-corrected chi connectivity index (χ1v) is 7.41. The summed E-state index contributed by atoms with van der Waals surface area (Å²) in [6.45, 7) is 0. The first kappa shape index (κ1) is 14.4. The van der Waals surface area contributed by atoms with Crippen molar-refractivity contribution in [3.63, 3.8) is 0 Å². The van der Waals surface area contributed by atoms with E-state index in [0.29, 0.717) is 11.4 Å². The molecule has 5 nitrogen and oxygen atoms in total. The third-order valence-corrected chi connectivity index (χ3v) is 4.58. The topological polar surface area (TPSA) is 61.3 Å². The number of thiophene rings is 1. The standard InChI is InChI=1S/C11H8Br2N2O3S/c1-17-7-4-14-8(11(15-7)18-2)9(16)5-3-6(12)19-10(5)13/h3-4H,1-2H3. The number of ketones is 1. The van der Waals surface area contributed by atoms with Crippen LogP contribution in [0.2, 0.25) is 0 Å². The maximum atomic E-state index is 12.4. The Hall–Kier alpha value is -0.990. The van der Waals surface area contributed by atoms with Crippen LogP contribution in [-0.2, 0) is 0 Å². The van der Waals surface area contributed by atoms with E-state index < -0.39 is 0 Å². The van der Waals surface area contributed by atoms with E-state index in [9.17, 15) is 4.79 Å². The predicted molar refractivity (Wildman–Crippen MR) is 78.3 cm³/mol. The van der Waals surface area contributed by atoms with Gasteiger partial charge in [0.25, 0.3) is 0 Å². The highest BCUT2D eigenvalue weighted by Gasteiger charge is 2.22. The molecule has 0 aliphatic heterocycles. The molecule has 2 aromatic rings. The summed E-state index contributed by atoms with van der Waals surface area (Å²) in [7, 11) is 2.90. The SMILES string of the molecule is COc1cnc(C(=O)c2cc(Br)sc2Br)c(OC)n1. The number of rotatable bonds is 4. The summed E-state index contributed by atoms with van der Waals surface area (Å²) in [5.41, 5.74) is 0.656. The summed E-state index contributed by atoms with van der Waals surface area (Å²) in [4.78, 5) is 20.5. The van der Waals surface area contributed by atoms with Crippen LogP contribution in [0.15, 0.2) is 19.8 Å². The Balaban J connectivity index is 2.46. The van der Waals surface area contributed by atoms with E-state index in [0.717, 1.165) is 7.57 Å². The molecule has 100 valence electrons. The molecule has 0 amide bonds. The van der Waals surface area contributed by atoms with Gasteiger partial charge in [-0.15, -0.1) is 11.3 Å². The van der Waals surface area contributed by atoms with E-state index in [2.05, 4.69) is 41.8 Å². The quantitative estimate of drug-likeness (QED) is 0.727. The van der Waals surface area contributed by atoms with E-state index >= 15 is 0 Å². The summed E-state index contributed by atoms with van der Waals surface area (Å²) < 4.78 is 11.6. The fourth-order valence-corrected chi connectivity index (χ4v) is 4.17. The van der Waals surface area contributed by atoms with Gasteiger partial charge in [0, 0.05) is 0 Å². The minimum Gasteiger partial charge on any atom is -0.480 e. The van der Waals surface area contributed by atoms with Gasteiger partial charge in [-0.1, -0.05) is 0 Å². The fourth-order valence-electron chi connectivity index (χ4n) is 1.38. The first-order valence-electron chi connectivity index (χ1n) is 5.01. The van der Waals surface area contributed by atoms with Crippen LogP contribution in [0, 0.1) is 0 Å². The lowest BCUT2D eigenvalue weighted by Gasteiger charge is -2.06. The molecule has 0 radical (unpaired) electrons. The summed E-state index contributed by atoms with van der Waals surface area (Å²) in [6, 6.07) is 1.72. The molecule has 0 saturated carbocycles. The Morgan fingerprint density at radius 2 is 2.05 bits per heavy atom. The number of aromatic nitrogens is 2. The summed E-state index contributed by atoms with van der Waals surface area (Å²) in [6.07, 6.45) is 1.38. The molecule has 0 spiro atoms. The molecule has 0 unspecified atom stereocenters. The van der Waals surface area contributed by atoms with Crippen LogP contribution in [0.5, 0.6) is 11.8 Å². The molecule has 0 bridgehead atoms. The molecule has 2 rings (SSSR count). The molecule has 0 aliphatic carbocycles. The third kappa shape index (κ3) is 2.96. The van der Waals surface area contributed by atoms with E-state index in [1.807, 2.05) is 0 Å². The molecule has 2 aromatic heterocycles. The Labute approximate surface area is 130 Å². The summed E-state index contributed by atoms with van der Waals surface area (Å²) >= 11 is 8.09. The van der Waals surface area contributed by atoms with Crippen LogP contribution in [-0.4, -0.2) is 30.0 Å². The van der Waals surface area contributed by atoms with Gasteiger partial charge in [-0.05, 0) is 37.9 Å². The van der Waals surface area contributed by atoms with E-state index in [-0.39, 0.29) is 17.4 Å². The van der Waals surface area contributed by atoms with Crippen molar-refractivity contribution in [2.45, 2.75) is 0 Å². The highest BCUT2D eigenvalue weighted by molar-refractivity contribution is 9.12. The van der Waals surface area contributed by atoms with Crippen molar-refractivity contribution in [2.24, 2.45) is 0 Å². The summed E-state index contributed by atoms with van der Waals surface area (Å²) in [5, 5.41) is 0. The monoisotopic (exact) mass is 406 g/mol. The van der Waals surface area contributed by atoms with Gasteiger partial charge < -0.3 is 9.47 Å².